The molecule has 0 N–H and O–H groups in total. The van der Waals surface area contributed by atoms with Crippen LogP contribution in [0.15, 0.2) is 78.9 Å². The number of nitrogens with zero attached hydrogens (tertiary/aromatic N) is 1. The van der Waals surface area contributed by atoms with Crippen LogP contribution in [0, 0.1) is 5.82 Å². The fraction of sp³-hybridized carbons (Fsp3) is 0.286. The van der Waals surface area contributed by atoms with Crippen molar-refractivity contribution in [2.45, 2.75) is 38.0 Å². The van der Waals surface area contributed by atoms with E-state index in [0.717, 1.165) is 16.9 Å². The second-order valence-corrected chi connectivity index (χ2v) is 8.41. The van der Waals surface area contributed by atoms with E-state index in [1.165, 1.54) is 24.1 Å². The average molecular weight is 478 g/mol. The summed E-state index contributed by atoms with van der Waals surface area (Å²) < 4.78 is 30.4. The first-order valence-corrected chi connectivity index (χ1v) is 11.6. The van der Waals surface area contributed by atoms with E-state index >= 15 is 0 Å². The fourth-order valence-electron chi connectivity index (χ4n) is 4.13. The zero-order valence-corrected chi connectivity index (χ0v) is 19.6. The molecule has 35 heavy (non-hydrogen) atoms. The molecule has 0 spiro atoms. The Kier molecular flexibility index (Phi) is 7.98. The van der Waals surface area contributed by atoms with Crippen LogP contribution in [-0.4, -0.2) is 42.6 Å². The lowest BCUT2D eigenvalue weighted by Crippen LogP contribution is -2.41. The van der Waals surface area contributed by atoms with Crippen LogP contribution in [-0.2, 0) is 27.4 Å². The maximum absolute atomic E-state index is 14.0. The van der Waals surface area contributed by atoms with E-state index in [0.29, 0.717) is 13.0 Å². The Bertz CT molecular complexity index is 1140. The fourth-order valence-corrected chi connectivity index (χ4v) is 4.13. The van der Waals surface area contributed by atoms with Crippen molar-refractivity contribution in [1.82, 2.24) is 4.90 Å². The summed E-state index contributed by atoms with van der Waals surface area (Å²) in [4.78, 5) is 26.8. The summed E-state index contributed by atoms with van der Waals surface area (Å²) in [5, 5.41) is 0. The molecule has 7 heteroatoms. The Balaban J connectivity index is 1.32. The molecule has 0 bridgehead atoms. The van der Waals surface area contributed by atoms with Gasteiger partial charge in [0.05, 0.1) is 13.7 Å². The van der Waals surface area contributed by atoms with Gasteiger partial charge >= 0.3 is 5.97 Å². The van der Waals surface area contributed by atoms with Gasteiger partial charge in [-0.25, -0.2) is 9.18 Å². The van der Waals surface area contributed by atoms with Crippen molar-refractivity contribution >= 4 is 11.9 Å². The van der Waals surface area contributed by atoms with Gasteiger partial charge in [-0.2, -0.15) is 0 Å². The smallest absolute Gasteiger partial charge is 0.328 e. The van der Waals surface area contributed by atoms with E-state index in [9.17, 15) is 14.0 Å². The molecule has 6 nitrogen and oxygen atoms in total. The number of carbonyl (C=O) groups excluding carboxylic acids is 2. The number of carbonyl (C=O) groups is 2. The van der Waals surface area contributed by atoms with Crippen molar-refractivity contribution in [2.75, 3.05) is 13.7 Å². The molecule has 182 valence electrons. The molecule has 0 aliphatic carbocycles. The molecule has 0 radical (unpaired) electrons. The summed E-state index contributed by atoms with van der Waals surface area (Å²) in [5.41, 5.74) is 2.07. The summed E-state index contributed by atoms with van der Waals surface area (Å²) in [6, 6.07) is 22.9. The first-order chi connectivity index (χ1) is 17.0. The summed E-state index contributed by atoms with van der Waals surface area (Å²) >= 11 is 0. The summed E-state index contributed by atoms with van der Waals surface area (Å²) in [5.74, 6) is -0.308. The van der Waals surface area contributed by atoms with Gasteiger partial charge in [0.1, 0.15) is 24.5 Å². The van der Waals surface area contributed by atoms with Crippen molar-refractivity contribution in [1.29, 1.82) is 0 Å². The molecule has 3 aromatic carbocycles. The maximum Gasteiger partial charge on any atom is 0.328 e. The Hall–Kier alpha value is -3.87. The van der Waals surface area contributed by atoms with Crippen LogP contribution in [0.5, 0.6) is 11.5 Å². The second kappa shape index (κ2) is 11.5. The van der Waals surface area contributed by atoms with Gasteiger partial charge in [-0.15, -0.1) is 0 Å². The highest BCUT2D eigenvalue weighted by Crippen LogP contribution is 2.26. The Morgan fingerprint density at radius 3 is 2.37 bits per heavy atom. The third-order valence-electron chi connectivity index (χ3n) is 5.99. The van der Waals surface area contributed by atoms with Gasteiger partial charge in [0, 0.05) is 12.8 Å². The van der Waals surface area contributed by atoms with Crippen LogP contribution >= 0.6 is 0 Å². The normalized spacial score (nSPS) is 17.1. The lowest BCUT2D eigenvalue weighted by atomic mass is 10.1. The van der Waals surface area contributed by atoms with Crippen molar-refractivity contribution in [3.8, 4) is 11.5 Å². The van der Waals surface area contributed by atoms with Gasteiger partial charge in [0.25, 0.3) is 0 Å². The van der Waals surface area contributed by atoms with Crippen molar-refractivity contribution in [2.24, 2.45) is 0 Å². The number of para-hydroxylation sites is 1. The van der Waals surface area contributed by atoms with Crippen molar-refractivity contribution < 1.29 is 28.2 Å². The molecule has 1 aliphatic rings. The van der Waals surface area contributed by atoms with Gasteiger partial charge in [0.2, 0.25) is 5.91 Å². The number of likely N-dealkylation sites (tertiary alicyclic amines) is 1. The van der Waals surface area contributed by atoms with Crippen molar-refractivity contribution in [3.63, 3.8) is 0 Å². The highest BCUT2D eigenvalue weighted by molar-refractivity contribution is 5.85. The van der Waals surface area contributed by atoms with Crippen LogP contribution in [0.25, 0.3) is 0 Å². The van der Waals surface area contributed by atoms with Gasteiger partial charge in [-0.1, -0.05) is 54.6 Å². The molecule has 1 fully saturated rings. The molecule has 1 amide bonds. The first kappa shape index (κ1) is 24.3. The standard InChI is InChI=1S/C28H28FNO5/c1-33-28(32)25-17-23(35-26-10-6-5-9-24(26)29)18-30(25)27(31)16-13-20-11-14-22(15-12-20)34-19-21-7-3-2-4-8-21/h2-12,14-15,23,25H,13,16-19H2,1H3. The van der Waals surface area contributed by atoms with Gasteiger partial charge in [-0.3, -0.25) is 4.79 Å². The molecule has 0 aromatic heterocycles. The van der Waals surface area contributed by atoms with Gasteiger partial charge in [-0.05, 0) is 41.8 Å². The minimum Gasteiger partial charge on any atom is -0.489 e. The molecule has 2 atom stereocenters. The number of rotatable bonds is 9. The number of ether oxygens (including phenoxy) is 3. The van der Waals surface area contributed by atoms with E-state index in [-0.39, 0.29) is 31.0 Å². The SMILES string of the molecule is COC(=O)C1CC(Oc2ccccc2F)CN1C(=O)CCc1ccc(OCc2ccccc2)cc1. The van der Waals surface area contributed by atoms with Gasteiger partial charge in [0.15, 0.2) is 11.6 Å². The molecule has 1 saturated heterocycles. The monoisotopic (exact) mass is 477 g/mol. The van der Waals surface area contributed by atoms with E-state index in [4.69, 9.17) is 14.2 Å². The summed E-state index contributed by atoms with van der Waals surface area (Å²) in [6.07, 6.45) is 0.492. The maximum atomic E-state index is 14.0. The van der Waals surface area contributed by atoms with E-state index < -0.39 is 23.9 Å². The van der Waals surface area contributed by atoms with E-state index in [1.54, 1.807) is 12.1 Å². The number of benzene rings is 3. The molecule has 4 rings (SSSR count). The second-order valence-electron chi connectivity index (χ2n) is 8.41. The number of methoxy groups -OCH3 is 1. The van der Waals surface area contributed by atoms with E-state index in [2.05, 4.69) is 0 Å². The summed E-state index contributed by atoms with van der Waals surface area (Å²) in [6.45, 7) is 0.678. The summed E-state index contributed by atoms with van der Waals surface area (Å²) in [7, 11) is 1.29. The largest absolute Gasteiger partial charge is 0.489 e. The first-order valence-electron chi connectivity index (χ1n) is 11.6. The number of esters is 1. The molecule has 2 unspecified atom stereocenters. The zero-order valence-electron chi connectivity index (χ0n) is 19.6. The number of hydrogen-bond donors (Lipinski definition) is 0. The van der Waals surface area contributed by atoms with Gasteiger partial charge < -0.3 is 19.1 Å². The molecule has 1 heterocycles. The highest BCUT2D eigenvalue weighted by Gasteiger charge is 2.41. The predicted octanol–water partition coefficient (Wildman–Crippen LogP) is 4.56. The minimum absolute atomic E-state index is 0.102. The molecule has 1 aliphatic heterocycles. The Labute approximate surface area is 204 Å². The minimum atomic E-state index is -0.752. The third kappa shape index (κ3) is 6.38. The topological polar surface area (TPSA) is 65.1 Å². The van der Waals surface area contributed by atoms with Crippen molar-refractivity contribution in [3.05, 3.63) is 95.8 Å². The highest BCUT2D eigenvalue weighted by atomic mass is 19.1. The lowest BCUT2D eigenvalue weighted by molar-refractivity contribution is -0.150. The molecular formula is C28H28FNO5. The van der Waals surface area contributed by atoms with Crippen LogP contribution in [0.4, 0.5) is 4.39 Å². The lowest BCUT2D eigenvalue weighted by Gasteiger charge is -2.22. The average Bonchev–Trinajstić information content (AvgIpc) is 3.32. The number of hydrogen-bond acceptors (Lipinski definition) is 5. The predicted molar refractivity (Wildman–Crippen MR) is 128 cm³/mol. The van der Waals surface area contributed by atoms with Crippen LogP contribution in [0.1, 0.15) is 24.0 Å². The van der Waals surface area contributed by atoms with Crippen LogP contribution < -0.4 is 9.47 Å². The number of aryl methyl sites for hydroxylation is 1. The third-order valence-corrected chi connectivity index (χ3v) is 5.99. The number of amides is 1. The van der Waals surface area contributed by atoms with Crippen LogP contribution in [0.3, 0.4) is 0 Å². The molecule has 3 aromatic rings. The van der Waals surface area contributed by atoms with Crippen LogP contribution in [0.2, 0.25) is 0 Å². The zero-order chi connectivity index (χ0) is 24.6. The Morgan fingerprint density at radius 1 is 0.943 bits per heavy atom. The Morgan fingerprint density at radius 2 is 1.66 bits per heavy atom. The number of halogens is 1. The van der Waals surface area contributed by atoms with E-state index in [1.807, 2.05) is 54.6 Å². The molecule has 0 saturated carbocycles. The quantitative estimate of drug-likeness (QED) is 0.423. The molecular weight excluding hydrogens is 449 g/mol.